The van der Waals surface area contributed by atoms with Crippen LogP contribution >= 0.6 is 0 Å². The van der Waals surface area contributed by atoms with Gasteiger partial charge in [-0.2, -0.15) is 0 Å². The summed E-state index contributed by atoms with van der Waals surface area (Å²) in [4.78, 5) is 20.8. The molecule has 6 nitrogen and oxygen atoms in total. The fourth-order valence-corrected chi connectivity index (χ4v) is 4.09. The van der Waals surface area contributed by atoms with Gasteiger partial charge < -0.3 is 19.6 Å². The van der Waals surface area contributed by atoms with Crippen LogP contribution in [0.3, 0.4) is 0 Å². The first-order valence-corrected chi connectivity index (χ1v) is 8.96. The predicted molar refractivity (Wildman–Crippen MR) is 95.5 cm³/mol. The Morgan fingerprint density at radius 3 is 2.64 bits per heavy atom. The van der Waals surface area contributed by atoms with Crippen LogP contribution in [0, 0.1) is 6.92 Å². The zero-order valence-electron chi connectivity index (χ0n) is 15.7. The van der Waals surface area contributed by atoms with Crippen molar-refractivity contribution in [3.63, 3.8) is 0 Å². The van der Waals surface area contributed by atoms with Crippen LogP contribution in [0.25, 0.3) is 0 Å². The molecular weight excluding hydrogens is 318 g/mol. The maximum atomic E-state index is 12.7. The van der Waals surface area contributed by atoms with Crippen LogP contribution < -0.4 is 0 Å². The molecule has 1 aromatic rings. The number of nitrogens with zero attached hydrogens (tertiary/aromatic N) is 3. The highest BCUT2D eigenvalue weighted by Gasteiger charge is 2.49. The van der Waals surface area contributed by atoms with Crippen LogP contribution in [-0.2, 0) is 4.74 Å². The maximum Gasteiger partial charge on any atom is 0.255 e. The molecule has 3 rings (SSSR count). The Morgan fingerprint density at radius 1 is 1.36 bits per heavy atom. The molecule has 6 heteroatoms. The highest BCUT2D eigenvalue weighted by molar-refractivity contribution is 5.94. The molecule has 0 unspecified atom stereocenters. The van der Waals surface area contributed by atoms with Gasteiger partial charge in [-0.3, -0.25) is 9.78 Å². The monoisotopic (exact) mass is 347 g/mol. The smallest absolute Gasteiger partial charge is 0.255 e. The molecule has 3 heterocycles. The molecule has 1 amide bonds. The largest absolute Gasteiger partial charge is 0.386 e. The molecule has 2 atom stereocenters. The number of ether oxygens (including phenoxy) is 1. The summed E-state index contributed by atoms with van der Waals surface area (Å²) in [6.07, 6.45) is 5.79. The molecule has 25 heavy (non-hydrogen) atoms. The molecule has 2 saturated heterocycles. The molecular formula is C19H29N3O3. The fraction of sp³-hybridized carbons (Fsp3) is 0.684. The third kappa shape index (κ3) is 3.71. The lowest BCUT2D eigenvalue weighted by atomic mass is 9.77. The number of pyridine rings is 1. The summed E-state index contributed by atoms with van der Waals surface area (Å²) in [7, 11) is 4.00. The first-order chi connectivity index (χ1) is 11.7. The van der Waals surface area contributed by atoms with E-state index in [-0.39, 0.29) is 17.6 Å². The summed E-state index contributed by atoms with van der Waals surface area (Å²) in [5.74, 6) is 0.0398. The van der Waals surface area contributed by atoms with Crippen molar-refractivity contribution in [3.05, 3.63) is 29.6 Å². The summed E-state index contributed by atoms with van der Waals surface area (Å²) in [6, 6.07) is 1.94. The van der Waals surface area contributed by atoms with E-state index < -0.39 is 5.60 Å². The quantitative estimate of drug-likeness (QED) is 0.877. The van der Waals surface area contributed by atoms with Gasteiger partial charge in [0.15, 0.2) is 0 Å². The Morgan fingerprint density at radius 2 is 2.04 bits per heavy atom. The molecule has 1 spiro atoms. The summed E-state index contributed by atoms with van der Waals surface area (Å²) in [5, 5.41) is 10.6. The van der Waals surface area contributed by atoms with Gasteiger partial charge in [0.05, 0.1) is 17.8 Å². The number of carbonyl (C=O) groups excluding carboxylic acids is 1. The van der Waals surface area contributed by atoms with Crippen LogP contribution in [-0.4, -0.2) is 76.8 Å². The van der Waals surface area contributed by atoms with Crippen LogP contribution in [0.1, 0.15) is 42.1 Å². The van der Waals surface area contributed by atoms with Crippen molar-refractivity contribution in [2.45, 2.75) is 50.4 Å². The SMILES string of the molecule is Cc1cncc(C(=O)N2CCC3(CC2)C[C@H](N(C)C)[C@@](C)(O)CO3)c1. The number of hydrogen-bond acceptors (Lipinski definition) is 5. The van der Waals surface area contributed by atoms with Crippen LogP contribution in [0.4, 0.5) is 0 Å². The number of carbonyl (C=O) groups is 1. The van der Waals surface area contributed by atoms with Crippen molar-refractivity contribution in [3.8, 4) is 0 Å². The minimum Gasteiger partial charge on any atom is -0.386 e. The van der Waals surface area contributed by atoms with Crippen molar-refractivity contribution in [1.29, 1.82) is 0 Å². The van der Waals surface area contributed by atoms with E-state index in [1.54, 1.807) is 12.4 Å². The fourth-order valence-electron chi connectivity index (χ4n) is 4.09. The maximum absolute atomic E-state index is 12.7. The second kappa shape index (κ2) is 6.67. The third-order valence-corrected chi connectivity index (χ3v) is 5.66. The van der Waals surface area contributed by atoms with Gasteiger partial charge in [0.1, 0.15) is 5.60 Å². The van der Waals surface area contributed by atoms with E-state index in [9.17, 15) is 9.90 Å². The topological polar surface area (TPSA) is 65.9 Å². The summed E-state index contributed by atoms with van der Waals surface area (Å²) >= 11 is 0. The molecule has 0 aromatic carbocycles. The van der Waals surface area contributed by atoms with Crippen molar-refractivity contribution >= 4 is 5.91 Å². The minimum atomic E-state index is -0.838. The number of aryl methyl sites for hydroxylation is 1. The first kappa shape index (κ1) is 18.3. The van der Waals surface area contributed by atoms with Crippen molar-refractivity contribution < 1.29 is 14.6 Å². The van der Waals surface area contributed by atoms with Gasteiger partial charge in [-0.25, -0.2) is 0 Å². The summed E-state index contributed by atoms with van der Waals surface area (Å²) < 4.78 is 6.13. The first-order valence-electron chi connectivity index (χ1n) is 8.96. The van der Waals surface area contributed by atoms with Crippen molar-refractivity contribution in [1.82, 2.24) is 14.8 Å². The molecule has 0 aliphatic carbocycles. The number of aromatic nitrogens is 1. The Labute approximate surface area is 149 Å². The Balaban J connectivity index is 1.66. The van der Waals surface area contributed by atoms with E-state index in [0.717, 1.165) is 24.8 Å². The number of aliphatic hydroxyl groups is 1. The standard InChI is InChI=1S/C19H29N3O3/c1-14-9-15(12-20-11-14)17(23)22-7-5-19(6-8-22)10-16(21(3)4)18(2,24)13-25-19/h9,11-12,16,24H,5-8,10,13H2,1-4H3/t16-,18-/m0/s1. The number of rotatable bonds is 2. The molecule has 2 aliphatic heterocycles. The van der Waals surface area contributed by atoms with E-state index in [2.05, 4.69) is 9.88 Å². The van der Waals surface area contributed by atoms with Crippen LogP contribution in [0.5, 0.6) is 0 Å². The van der Waals surface area contributed by atoms with E-state index >= 15 is 0 Å². The second-order valence-electron chi connectivity index (χ2n) is 8.06. The van der Waals surface area contributed by atoms with Gasteiger partial charge in [0.2, 0.25) is 0 Å². The van der Waals surface area contributed by atoms with E-state index in [4.69, 9.17) is 4.74 Å². The highest BCUT2D eigenvalue weighted by atomic mass is 16.5. The molecule has 0 radical (unpaired) electrons. The number of likely N-dealkylation sites (tertiary alicyclic amines) is 1. The predicted octanol–water partition coefficient (Wildman–Crippen LogP) is 1.47. The Kier molecular flexibility index (Phi) is 4.88. The van der Waals surface area contributed by atoms with E-state index in [0.29, 0.717) is 25.3 Å². The van der Waals surface area contributed by atoms with E-state index in [1.807, 2.05) is 38.9 Å². The average molecular weight is 347 g/mol. The summed E-state index contributed by atoms with van der Waals surface area (Å²) in [6.45, 7) is 5.47. The van der Waals surface area contributed by atoms with Crippen LogP contribution in [0.15, 0.2) is 18.5 Å². The lowest BCUT2D eigenvalue weighted by Crippen LogP contribution is -2.62. The molecule has 0 bridgehead atoms. The Bertz CT molecular complexity index is 637. The van der Waals surface area contributed by atoms with Crippen molar-refractivity contribution in [2.24, 2.45) is 0 Å². The molecule has 2 fully saturated rings. The number of hydrogen-bond donors (Lipinski definition) is 1. The zero-order valence-corrected chi connectivity index (χ0v) is 15.7. The van der Waals surface area contributed by atoms with Crippen LogP contribution in [0.2, 0.25) is 0 Å². The minimum absolute atomic E-state index is 0.0398. The van der Waals surface area contributed by atoms with Gasteiger partial charge in [0.25, 0.3) is 5.91 Å². The highest BCUT2D eigenvalue weighted by Crippen LogP contribution is 2.39. The number of likely N-dealkylation sites (N-methyl/N-ethyl adjacent to an activating group) is 1. The van der Waals surface area contributed by atoms with Gasteiger partial charge in [-0.1, -0.05) is 0 Å². The van der Waals surface area contributed by atoms with Gasteiger partial charge in [0, 0.05) is 31.5 Å². The molecule has 0 saturated carbocycles. The normalized spacial score (nSPS) is 29.2. The van der Waals surface area contributed by atoms with Gasteiger partial charge in [-0.15, -0.1) is 0 Å². The third-order valence-electron chi connectivity index (χ3n) is 5.66. The number of amides is 1. The second-order valence-corrected chi connectivity index (χ2v) is 8.06. The van der Waals surface area contributed by atoms with Gasteiger partial charge in [-0.05, 0) is 58.8 Å². The molecule has 1 aromatic heterocycles. The zero-order chi connectivity index (χ0) is 18.2. The van der Waals surface area contributed by atoms with E-state index in [1.165, 1.54) is 0 Å². The molecule has 2 aliphatic rings. The number of piperidine rings is 1. The average Bonchev–Trinajstić information content (AvgIpc) is 2.57. The lowest BCUT2D eigenvalue weighted by molar-refractivity contribution is -0.205. The molecule has 138 valence electrons. The Hall–Kier alpha value is -1.50. The lowest BCUT2D eigenvalue weighted by Gasteiger charge is -2.52. The van der Waals surface area contributed by atoms with Gasteiger partial charge >= 0.3 is 0 Å². The summed E-state index contributed by atoms with van der Waals surface area (Å²) in [5.41, 5.74) is 0.564. The molecule has 1 N–H and O–H groups in total. The van der Waals surface area contributed by atoms with Crippen molar-refractivity contribution in [2.75, 3.05) is 33.8 Å².